The highest BCUT2D eigenvalue weighted by atomic mass is 16.7. The highest BCUT2D eigenvalue weighted by molar-refractivity contribution is 5.83. The first kappa shape index (κ1) is 64.0. The van der Waals surface area contributed by atoms with Crippen molar-refractivity contribution in [2.75, 3.05) is 27.8 Å². The van der Waals surface area contributed by atoms with E-state index >= 15 is 0 Å². The highest BCUT2D eigenvalue weighted by Gasteiger charge is 2.54. The molecule has 0 aromatic heterocycles. The van der Waals surface area contributed by atoms with E-state index < -0.39 is 132 Å². The van der Waals surface area contributed by atoms with Crippen molar-refractivity contribution in [1.82, 2.24) is 4.90 Å². The maximum atomic E-state index is 14.3. The molecule has 18 atom stereocenters. The summed E-state index contributed by atoms with van der Waals surface area (Å²) >= 11 is 0. The number of rotatable bonds is 12. The van der Waals surface area contributed by atoms with Gasteiger partial charge in [0.05, 0.1) is 73.1 Å². The van der Waals surface area contributed by atoms with Gasteiger partial charge in [-0.15, -0.1) is 0 Å². The van der Waals surface area contributed by atoms with E-state index in [2.05, 4.69) is 0 Å². The van der Waals surface area contributed by atoms with Gasteiger partial charge in [-0.1, -0.05) is 64.1 Å². The van der Waals surface area contributed by atoms with Gasteiger partial charge in [-0.2, -0.15) is 0 Å². The molecule has 2 aromatic rings. The molecular formula is C55H87NO18. The second-order valence-corrected chi connectivity index (χ2v) is 20.9. The fourth-order valence-electron chi connectivity index (χ4n) is 10.0. The Kier molecular flexibility index (Phi) is 24.9. The number of aliphatic hydroxyl groups excluding tert-OH is 2. The summed E-state index contributed by atoms with van der Waals surface area (Å²) < 4.78 is 48.8. The lowest BCUT2D eigenvalue weighted by Gasteiger charge is -2.49. The number of esters is 3. The van der Waals surface area contributed by atoms with Crippen LogP contribution in [0.25, 0.3) is 0 Å². The average molecular weight is 1050 g/mol. The molecule has 3 heterocycles. The SMILES string of the molecule is CCOC(=O)CCC(=O)O[C@H]1[C@H](O[C@@H]2[C@@H](C)[C@H](O[C@H]3C[C@@](C)(OC)[C@@H](O)[C@H](C)O3)[C@@H](C)C(=O)O[C@H](CC)[C@@](C)(O)[C@H](O)[C@@H](C)C(=O)[C@H](C)C[C@@]2(C)O)O[C@H](C)C[C@@H]1N(C)C.Oc1ccccc1.Oc1ccccc1. The number of methoxy groups -OCH3 is 1. The predicted molar refractivity (Wildman–Crippen MR) is 272 cm³/mol. The molecule has 3 aliphatic rings. The van der Waals surface area contributed by atoms with Crippen LogP contribution in [0.2, 0.25) is 0 Å². The quantitative estimate of drug-likeness (QED) is 0.114. The Labute approximate surface area is 437 Å². The first-order valence-corrected chi connectivity index (χ1v) is 25.8. The van der Waals surface area contributed by atoms with E-state index in [4.69, 9.17) is 48.1 Å². The molecule has 19 heteroatoms. The smallest absolute Gasteiger partial charge is 0.311 e. The zero-order valence-corrected chi connectivity index (χ0v) is 45.9. The Morgan fingerprint density at radius 2 is 1.31 bits per heavy atom. The summed E-state index contributed by atoms with van der Waals surface area (Å²) in [4.78, 5) is 55.6. The highest BCUT2D eigenvalue weighted by Crippen LogP contribution is 2.41. The normalized spacial score (nSPS) is 37.1. The number of likely N-dealkylation sites (N-methyl/N-ethyl adjacent to an activating group) is 1. The first-order valence-electron chi connectivity index (χ1n) is 25.8. The van der Waals surface area contributed by atoms with Gasteiger partial charge in [0.1, 0.15) is 35.1 Å². The van der Waals surface area contributed by atoms with Crippen molar-refractivity contribution in [3.05, 3.63) is 60.7 Å². The molecule has 3 fully saturated rings. The third-order valence-corrected chi connectivity index (χ3v) is 14.4. The Bertz CT molecular complexity index is 1980. The van der Waals surface area contributed by atoms with E-state index in [1.165, 1.54) is 27.9 Å². The van der Waals surface area contributed by atoms with Crippen LogP contribution in [-0.2, 0) is 57.1 Å². The molecule has 5 rings (SSSR count). The maximum absolute atomic E-state index is 14.3. The molecule has 0 saturated carbocycles. The number of hydrogen-bond acceptors (Lipinski definition) is 19. The van der Waals surface area contributed by atoms with E-state index in [0.29, 0.717) is 17.9 Å². The van der Waals surface area contributed by atoms with Crippen LogP contribution >= 0.6 is 0 Å². The van der Waals surface area contributed by atoms with Crippen molar-refractivity contribution in [2.45, 2.75) is 199 Å². The van der Waals surface area contributed by atoms with Crippen molar-refractivity contribution < 1.29 is 87.7 Å². The summed E-state index contributed by atoms with van der Waals surface area (Å²) in [5.41, 5.74) is -5.06. The fraction of sp³-hybridized carbons (Fsp3) is 0.709. The lowest BCUT2D eigenvalue weighted by Crippen LogP contribution is -2.61. The van der Waals surface area contributed by atoms with Gasteiger partial charge in [-0.3, -0.25) is 19.2 Å². The number of carbonyl (C=O) groups is 4. The molecule has 2 aromatic carbocycles. The number of Topliss-reactive ketones (excluding diaryl/α,β-unsaturated/α-hetero) is 1. The second kappa shape index (κ2) is 28.7. The fourth-order valence-corrected chi connectivity index (χ4v) is 10.0. The van der Waals surface area contributed by atoms with Gasteiger partial charge in [0.2, 0.25) is 0 Å². The van der Waals surface area contributed by atoms with Crippen LogP contribution in [0.1, 0.15) is 115 Å². The number of phenolic OH excluding ortho intramolecular Hbond substituents is 2. The number of benzene rings is 2. The molecular weight excluding hydrogens is 963 g/mol. The van der Waals surface area contributed by atoms with Crippen LogP contribution in [0.5, 0.6) is 11.5 Å². The molecule has 0 spiro atoms. The Balaban J connectivity index is 0.000000881. The largest absolute Gasteiger partial charge is 0.508 e. The number of hydrogen-bond donors (Lipinski definition) is 6. The molecule has 74 heavy (non-hydrogen) atoms. The summed E-state index contributed by atoms with van der Waals surface area (Å²) in [6.07, 6.45) is -11.1. The van der Waals surface area contributed by atoms with Gasteiger partial charge >= 0.3 is 17.9 Å². The van der Waals surface area contributed by atoms with Gasteiger partial charge < -0.3 is 73.4 Å². The molecule has 0 bridgehead atoms. The summed E-state index contributed by atoms with van der Waals surface area (Å²) in [5, 5.41) is 64.1. The van der Waals surface area contributed by atoms with Crippen molar-refractivity contribution in [3.8, 4) is 11.5 Å². The minimum atomic E-state index is -2.04. The van der Waals surface area contributed by atoms with Gasteiger partial charge in [-0.25, -0.2) is 0 Å². The van der Waals surface area contributed by atoms with Crippen LogP contribution in [0.15, 0.2) is 60.7 Å². The van der Waals surface area contributed by atoms with Crippen LogP contribution < -0.4 is 0 Å². The Morgan fingerprint density at radius 3 is 1.80 bits per heavy atom. The predicted octanol–water partition coefficient (Wildman–Crippen LogP) is 5.46. The average Bonchev–Trinajstić information content (AvgIpc) is 3.34. The number of ether oxygens (including phenoxy) is 8. The Hall–Kier alpha value is -4.28. The lowest BCUT2D eigenvalue weighted by molar-refractivity contribution is -0.319. The molecule has 6 N–H and O–H groups in total. The number of carbonyl (C=O) groups excluding carboxylic acids is 4. The lowest BCUT2D eigenvalue weighted by atomic mass is 9.74. The van der Waals surface area contributed by atoms with E-state index in [1.54, 1.807) is 97.0 Å². The monoisotopic (exact) mass is 1050 g/mol. The summed E-state index contributed by atoms with van der Waals surface area (Å²) in [7, 11) is 5.09. The minimum absolute atomic E-state index is 0.0431. The summed E-state index contributed by atoms with van der Waals surface area (Å²) in [6, 6.07) is 17.0. The van der Waals surface area contributed by atoms with E-state index in [1.807, 2.05) is 38.1 Å². The number of aliphatic hydroxyl groups is 4. The van der Waals surface area contributed by atoms with Crippen LogP contribution in [0, 0.1) is 23.7 Å². The van der Waals surface area contributed by atoms with Crippen molar-refractivity contribution >= 4 is 23.7 Å². The summed E-state index contributed by atoms with van der Waals surface area (Å²) in [5.74, 6) is -6.00. The van der Waals surface area contributed by atoms with Gasteiger partial charge in [0.25, 0.3) is 0 Å². The van der Waals surface area contributed by atoms with E-state index in [9.17, 15) is 39.6 Å². The number of cyclic esters (lactones) is 1. The molecule has 19 nitrogen and oxygen atoms in total. The van der Waals surface area contributed by atoms with E-state index in [-0.39, 0.29) is 38.7 Å². The van der Waals surface area contributed by atoms with Gasteiger partial charge in [-0.05, 0) is 106 Å². The molecule has 0 radical (unpaired) electrons. The zero-order valence-electron chi connectivity index (χ0n) is 45.9. The van der Waals surface area contributed by atoms with Crippen molar-refractivity contribution in [1.29, 1.82) is 0 Å². The molecule has 3 aliphatic heterocycles. The third kappa shape index (κ3) is 17.6. The topological polar surface area (TPSA) is 267 Å². The van der Waals surface area contributed by atoms with Crippen LogP contribution in [0.4, 0.5) is 0 Å². The molecule has 0 aliphatic carbocycles. The van der Waals surface area contributed by atoms with E-state index in [0.717, 1.165) is 0 Å². The number of nitrogens with zero attached hydrogens (tertiary/aromatic N) is 1. The maximum Gasteiger partial charge on any atom is 0.311 e. The molecule has 0 unspecified atom stereocenters. The third-order valence-electron chi connectivity index (χ3n) is 14.4. The summed E-state index contributed by atoms with van der Waals surface area (Å²) in [6.45, 7) is 17.9. The minimum Gasteiger partial charge on any atom is -0.508 e. The first-order chi connectivity index (χ1) is 34.5. The molecule has 420 valence electrons. The van der Waals surface area contributed by atoms with Crippen molar-refractivity contribution in [3.63, 3.8) is 0 Å². The van der Waals surface area contributed by atoms with Gasteiger partial charge in [0, 0.05) is 31.3 Å². The van der Waals surface area contributed by atoms with Gasteiger partial charge in [0.15, 0.2) is 18.7 Å². The number of phenols is 2. The van der Waals surface area contributed by atoms with Crippen molar-refractivity contribution in [2.24, 2.45) is 23.7 Å². The van der Waals surface area contributed by atoms with Crippen LogP contribution in [-0.4, -0.2) is 171 Å². The number of aromatic hydroxyl groups is 2. The zero-order chi connectivity index (χ0) is 55.9. The Morgan fingerprint density at radius 1 is 0.757 bits per heavy atom. The second-order valence-electron chi connectivity index (χ2n) is 20.9. The number of ketones is 1. The number of para-hydroxylation sites is 2. The van der Waals surface area contributed by atoms with Crippen LogP contribution in [0.3, 0.4) is 0 Å². The standard InChI is InChI=1S/C43H75NO16.2C6H6O/c1-15-29-43(11,52)36(48)24(5)33(47)22(3)20-41(9,51)38(25(6)34(26(7)39(50)57-29)59-32-21-42(10,53-14)37(49)27(8)56-32)60-40-35(28(44(12)13)19-23(4)55-40)58-31(46)18-17-30(45)54-16-2;2*7-6-4-2-1-3-5-6/h22-29,32,34-38,40,48-49,51-52H,15-21H2,1-14H3;2*1-5,7H/t22-,23-,24+,25+,26-,27+,28+,29-,32+,34+,35-,36-,37+,38-,40+,41-,42-,43-;;/m1../s1. The molecule has 0 amide bonds. The molecule has 3 saturated heterocycles.